The summed E-state index contributed by atoms with van der Waals surface area (Å²) in [5.74, 6) is 0. The fourth-order valence-electron chi connectivity index (χ4n) is 2.47. The summed E-state index contributed by atoms with van der Waals surface area (Å²) < 4.78 is 0. The van der Waals surface area contributed by atoms with Crippen molar-refractivity contribution in [3.63, 3.8) is 0 Å². The van der Waals surface area contributed by atoms with Gasteiger partial charge in [-0.2, -0.15) is 5.26 Å². The second kappa shape index (κ2) is 6.79. The molecular formula is C15H20ClN3. The summed E-state index contributed by atoms with van der Waals surface area (Å²) in [5.41, 5.74) is 1.50. The van der Waals surface area contributed by atoms with Crippen molar-refractivity contribution >= 4 is 17.3 Å². The van der Waals surface area contributed by atoms with Gasteiger partial charge in [-0.1, -0.05) is 18.0 Å². The number of benzene rings is 1. The van der Waals surface area contributed by atoms with Gasteiger partial charge in [0.25, 0.3) is 0 Å². The largest absolute Gasteiger partial charge is 0.383 e. The van der Waals surface area contributed by atoms with Crippen molar-refractivity contribution < 1.29 is 0 Å². The molecule has 1 atom stereocenters. The minimum absolute atomic E-state index is 0.512. The van der Waals surface area contributed by atoms with Gasteiger partial charge in [0.1, 0.15) is 6.07 Å². The van der Waals surface area contributed by atoms with Crippen molar-refractivity contribution in [3.05, 3.63) is 28.8 Å². The Bertz CT molecular complexity index is 461. The molecule has 0 aromatic heterocycles. The average molecular weight is 278 g/mol. The molecule has 0 bridgehead atoms. The van der Waals surface area contributed by atoms with E-state index in [1.54, 1.807) is 6.07 Å². The lowest BCUT2D eigenvalue weighted by molar-refractivity contribution is 0.180. The van der Waals surface area contributed by atoms with E-state index in [4.69, 9.17) is 16.9 Å². The Kier molecular flexibility index (Phi) is 5.07. The SMILES string of the molecule is CC(CNc1ccc(C#N)c(Cl)c1)N1CCCCC1. The van der Waals surface area contributed by atoms with Crippen LogP contribution in [0, 0.1) is 11.3 Å². The number of nitrogens with zero attached hydrogens (tertiary/aromatic N) is 2. The number of rotatable bonds is 4. The van der Waals surface area contributed by atoms with Crippen LogP contribution >= 0.6 is 11.6 Å². The summed E-state index contributed by atoms with van der Waals surface area (Å²) >= 11 is 6.02. The number of hydrogen-bond acceptors (Lipinski definition) is 3. The Labute approximate surface area is 120 Å². The molecule has 4 heteroatoms. The highest BCUT2D eigenvalue weighted by atomic mass is 35.5. The Hall–Kier alpha value is -1.24. The highest BCUT2D eigenvalue weighted by molar-refractivity contribution is 6.32. The van der Waals surface area contributed by atoms with Crippen LogP contribution in [0.2, 0.25) is 5.02 Å². The zero-order valence-corrected chi connectivity index (χ0v) is 12.1. The van der Waals surface area contributed by atoms with Gasteiger partial charge in [0, 0.05) is 18.3 Å². The number of nitrogens with one attached hydrogen (secondary N) is 1. The zero-order chi connectivity index (χ0) is 13.7. The molecule has 1 saturated heterocycles. The molecular weight excluding hydrogens is 258 g/mol. The van der Waals surface area contributed by atoms with Crippen molar-refractivity contribution in [2.24, 2.45) is 0 Å². The van der Waals surface area contributed by atoms with Gasteiger partial charge >= 0.3 is 0 Å². The van der Waals surface area contributed by atoms with Gasteiger partial charge < -0.3 is 5.32 Å². The summed E-state index contributed by atoms with van der Waals surface area (Å²) in [6.45, 7) is 5.57. The van der Waals surface area contributed by atoms with Gasteiger partial charge in [0.05, 0.1) is 10.6 Å². The smallest absolute Gasteiger partial charge is 0.101 e. The molecule has 0 radical (unpaired) electrons. The molecule has 102 valence electrons. The monoisotopic (exact) mass is 277 g/mol. The Morgan fingerprint density at radius 1 is 1.37 bits per heavy atom. The van der Waals surface area contributed by atoms with Gasteiger partial charge in [-0.05, 0) is 51.1 Å². The quantitative estimate of drug-likeness (QED) is 0.916. The van der Waals surface area contributed by atoms with Crippen LogP contribution in [0.5, 0.6) is 0 Å². The third kappa shape index (κ3) is 3.86. The fraction of sp³-hybridized carbons (Fsp3) is 0.533. The Morgan fingerprint density at radius 2 is 2.11 bits per heavy atom. The number of anilines is 1. The lowest BCUT2D eigenvalue weighted by Gasteiger charge is -2.32. The van der Waals surface area contributed by atoms with Crippen LogP contribution in [0.25, 0.3) is 0 Å². The maximum Gasteiger partial charge on any atom is 0.101 e. The fourth-order valence-corrected chi connectivity index (χ4v) is 2.69. The van der Waals surface area contributed by atoms with Crippen LogP contribution in [-0.4, -0.2) is 30.6 Å². The van der Waals surface area contributed by atoms with E-state index in [-0.39, 0.29) is 0 Å². The van der Waals surface area contributed by atoms with Crippen molar-refractivity contribution in [2.75, 3.05) is 25.0 Å². The summed E-state index contributed by atoms with van der Waals surface area (Å²) in [6.07, 6.45) is 3.99. The van der Waals surface area contributed by atoms with Crippen LogP contribution in [-0.2, 0) is 0 Å². The van der Waals surface area contributed by atoms with Gasteiger partial charge in [0.2, 0.25) is 0 Å². The van der Waals surface area contributed by atoms with E-state index in [0.717, 1.165) is 12.2 Å². The highest BCUT2D eigenvalue weighted by Crippen LogP contribution is 2.20. The molecule has 1 N–H and O–H groups in total. The van der Waals surface area contributed by atoms with Crippen molar-refractivity contribution in [1.29, 1.82) is 5.26 Å². The van der Waals surface area contributed by atoms with Crippen LogP contribution in [0.1, 0.15) is 31.7 Å². The van der Waals surface area contributed by atoms with Crippen LogP contribution in [0.15, 0.2) is 18.2 Å². The molecule has 1 aromatic carbocycles. The van der Waals surface area contributed by atoms with Crippen LogP contribution < -0.4 is 5.32 Å². The molecule has 0 spiro atoms. The van der Waals surface area contributed by atoms with Crippen LogP contribution in [0.4, 0.5) is 5.69 Å². The molecule has 1 aliphatic rings. The minimum Gasteiger partial charge on any atom is -0.383 e. The second-order valence-electron chi connectivity index (χ2n) is 5.13. The van der Waals surface area contributed by atoms with Crippen molar-refractivity contribution in [3.8, 4) is 6.07 Å². The Balaban J connectivity index is 1.88. The first-order valence-corrected chi connectivity index (χ1v) is 7.26. The second-order valence-corrected chi connectivity index (χ2v) is 5.54. The van der Waals surface area contributed by atoms with Gasteiger partial charge in [-0.25, -0.2) is 0 Å². The number of piperidine rings is 1. The molecule has 1 heterocycles. The highest BCUT2D eigenvalue weighted by Gasteiger charge is 2.16. The number of likely N-dealkylation sites (tertiary alicyclic amines) is 1. The molecule has 0 saturated carbocycles. The normalized spacial score (nSPS) is 17.7. The lowest BCUT2D eigenvalue weighted by Crippen LogP contribution is -2.41. The Morgan fingerprint density at radius 3 is 2.74 bits per heavy atom. The van der Waals surface area contributed by atoms with E-state index < -0.39 is 0 Å². The van der Waals surface area contributed by atoms with E-state index in [9.17, 15) is 0 Å². The minimum atomic E-state index is 0.512. The summed E-state index contributed by atoms with van der Waals surface area (Å²) in [6, 6.07) is 8.09. The molecule has 1 aliphatic heterocycles. The predicted molar refractivity (Wildman–Crippen MR) is 79.5 cm³/mol. The van der Waals surface area contributed by atoms with E-state index in [2.05, 4.69) is 23.2 Å². The summed E-state index contributed by atoms with van der Waals surface area (Å²) in [4.78, 5) is 2.53. The van der Waals surface area contributed by atoms with Gasteiger partial charge in [-0.3, -0.25) is 4.90 Å². The van der Waals surface area contributed by atoms with E-state index in [1.807, 2.05) is 12.1 Å². The topological polar surface area (TPSA) is 39.1 Å². The molecule has 0 amide bonds. The summed E-state index contributed by atoms with van der Waals surface area (Å²) in [5, 5.41) is 12.7. The van der Waals surface area contributed by atoms with E-state index in [1.165, 1.54) is 32.4 Å². The van der Waals surface area contributed by atoms with E-state index >= 15 is 0 Å². The van der Waals surface area contributed by atoms with Crippen LogP contribution in [0.3, 0.4) is 0 Å². The predicted octanol–water partition coefficient (Wildman–Crippen LogP) is 3.50. The molecule has 19 heavy (non-hydrogen) atoms. The standard InChI is InChI=1S/C15H20ClN3/c1-12(19-7-3-2-4-8-19)11-18-14-6-5-13(10-17)15(16)9-14/h5-6,9,12,18H,2-4,7-8,11H2,1H3. The maximum absolute atomic E-state index is 8.84. The molecule has 1 aromatic rings. The molecule has 1 fully saturated rings. The maximum atomic E-state index is 8.84. The third-order valence-electron chi connectivity index (χ3n) is 3.71. The molecule has 3 nitrogen and oxygen atoms in total. The zero-order valence-electron chi connectivity index (χ0n) is 11.3. The van der Waals surface area contributed by atoms with Gasteiger partial charge in [-0.15, -0.1) is 0 Å². The van der Waals surface area contributed by atoms with Crippen molar-refractivity contribution in [2.45, 2.75) is 32.2 Å². The van der Waals surface area contributed by atoms with Gasteiger partial charge in [0.15, 0.2) is 0 Å². The van der Waals surface area contributed by atoms with E-state index in [0.29, 0.717) is 16.6 Å². The number of hydrogen-bond donors (Lipinski definition) is 1. The third-order valence-corrected chi connectivity index (χ3v) is 4.02. The van der Waals surface area contributed by atoms with Crippen molar-refractivity contribution in [1.82, 2.24) is 4.90 Å². The molecule has 1 unspecified atom stereocenters. The average Bonchev–Trinajstić information content (AvgIpc) is 2.46. The number of nitriles is 1. The first kappa shape index (κ1) is 14.2. The molecule has 0 aliphatic carbocycles. The first-order chi connectivity index (χ1) is 9.20. The first-order valence-electron chi connectivity index (χ1n) is 6.88. The number of halogens is 1. The summed E-state index contributed by atoms with van der Waals surface area (Å²) in [7, 11) is 0. The molecule has 2 rings (SSSR count). The lowest BCUT2D eigenvalue weighted by atomic mass is 10.1.